The maximum atomic E-state index is 10.5. The first-order chi connectivity index (χ1) is 12.3. The summed E-state index contributed by atoms with van der Waals surface area (Å²) in [6.45, 7) is 1.52. The van der Waals surface area contributed by atoms with Gasteiger partial charge in [0.25, 0.3) is 5.69 Å². The number of nitro benzene ring substituents is 1. The van der Waals surface area contributed by atoms with Crippen molar-refractivity contribution in [3.8, 4) is 0 Å². The molecule has 0 bridgehead atoms. The largest absolute Gasteiger partial charge is 0.473 e. The third kappa shape index (κ3) is 8.22. The number of non-ortho nitro benzene ring substituents is 1. The number of nitrogens with one attached hydrogen (secondary N) is 1. The molecule has 0 fully saturated rings. The van der Waals surface area contributed by atoms with Gasteiger partial charge in [-0.05, 0) is 36.2 Å². The van der Waals surface area contributed by atoms with Crippen molar-refractivity contribution in [1.29, 1.82) is 0 Å². The monoisotopic (exact) mass is 380 g/mol. The first kappa shape index (κ1) is 21.1. The number of carboxylic acid groups (broad SMARTS) is 2. The molecule has 0 saturated heterocycles. The van der Waals surface area contributed by atoms with Crippen molar-refractivity contribution < 1.29 is 24.7 Å². The van der Waals surface area contributed by atoms with Crippen molar-refractivity contribution in [1.82, 2.24) is 5.32 Å². The fourth-order valence-corrected chi connectivity index (χ4v) is 2.11. The average Bonchev–Trinajstić information content (AvgIpc) is 2.59. The third-order valence-corrected chi connectivity index (χ3v) is 3.37. The summed E-state index contributed by atoms with van der Waals surface area (Å²) in [7, 11) is 0. The summed E-state index contributed by atoms with van der Waals surface area (Å²) in [4.78, 5) is 28.3. The molecule has 3 N–H and O–H groups in total. The van der Waals surface area contributed by atoms with Crippen molar-refractivity contribution >= 4 is 29.2 Å². The number of nitro groups is 1. The van der Waals surface area contributed by atoms with E-state index in [4.69, 9.17) is 31.4 Å². The van der Waals surface area contributed by atoms with Crippen LogP contribution in [0.3, 0.4) is 0 Å². The minimum atomic E-state index is -1.82. The summed E-state index contributed by atoms with van der Waals surface area (Å²) in [6.07, 6.45) is 0.896. The zero-order valence-electron chi connectivity index (χ0n) is 13.6. The van der Waals surface area contributed by atoms with Crippen LogP contribution in [0.5, 0.6) is 0 Å². The Morgan fingerprint density at radius 2 is 1.65 bits per heavy atom. The van der Waals surface area contributed by atoms with Crippen LogP contribution in [-0.2, 0) is 22.6 Å². The minimum Gasteiger partial charge on any atom is -0.473 e. The van der Waals surface area contributed by atoms with Crippen LogP contribution in [0.15, 0.2) is 48.5 Å². The molecule has 0 aliphatic rings. The summed E-state index contributed by atoms with van der Waals surface area (Å²) in [6, 6.07) is 14.4. The Morgan fingerprint density at radius 1 is 1.04 bits per heavy atom. The van der Waals surface area contributed by atoms with E-state index in [0.29, 0.717) is 6.54 Å². The fourth-order valence-electron chi connectivity index (χ4n) is 1.89. The number of hydrogen-bond acceptors (Lipinski definition) is 5. The molecule has 26 heavy (non-hydrogen) atoms. The van der Waals surface area contributed by atoms with Gasteiger partial charge in [0.2, 0.25) is 0 Å². The normalized spacial score (nSPS) is 9.73. The third-order valence-electron chi connectivity index (χ3n) is 3.14. The van der Waals surface area contributed by atoms with Gasteiger partial charge in [-0.3, -0.25) is 10.1 Å². The van der Waals surface area contributed by atoms with E-state index < -0.39 is 16.9 Å². The Hall–Kier alpha value is -2.97. The average molecular weight is 381 g/mol. The lowest BCUT2D eigenvalue weighted by Crippen LogP contribution is -2.16. The molecule has 9 heteroatoms. The predicted octanol–water partition coefficient (Wildman–Crippen LogP) is 2.74. The summed E-state index contributed by atoms with van der Waals surface area (Å²) in [5, 5.41) is 29.4. The standard InChI is InChI=1S/C15H15ClN2O2.C2H2O4/c16-14-3-1-2-12(10-14)8-9-17-11-13-4-6-15(7-5-13)18(19)20;3-1(4)2(5)6/h1-7,10,17H,8-9,11H2;(H,3,4)(H,5,6). The van der Waals surface area contributed by atoms with Gasteiger partial charge in [0, 0.05) is 23.7 Å². The lowest BCUT2D eigenvalue weighted by Gasteiger charge is -2.05. The Bertz CT molecular complexity index is 752. The van der Waals surface area contributed by atoms with Crippen LogP contribution in [0.25, 0.3) is 0 Å². The zero-order chi connectivity index (χ0) is 19.5. The number of halogens is 1. The first-order valence-corrected chi connectivity index (χ1v) is 7.82. The van der Waals surface area contributed by atoms with Crippen LogP contribution in [-0.4, -0.2) is 33.6 Å². The van der Waals surface area contributed by atoms with Crippen LogP contribution >= 0.6 is 11.6 Å². The van der Waals surface area contributed by atoms with Gasteiger partial charge in [0.05, 0.1) is 4.92 Å². The maximum Gasteiger partial charge on any atom is 0.414 e. The van der Waals surface area contributed by atoms with E-state index in [1.165, 1.54) is 17.7 Å². The lowest BCUT2D eigenvalue weighted by molar-refractivity contribution is -0.384. The second kappa shape index (κ2) is 10.8. The molecule has 0 aliphatic heterocycles. The molecule has 138 valence electrons. The van der Waals surface area contributed by atoms with Crippen molar-refractivity contribution in [3.63, 3.8) is 0 Å². The molecule has 0 aliphatic carbocycles. The van der Waals surface area contributed by atoms with Crippen LogP contribution in [0, 0.1) is 10.1 Å². The molecule has 0 amide bonds. The number of rotatable bonds is 6. The molecule has 0 unspecified atom stereocenters. The topological polar surface area (TPSA) is 130 Å². The van der Waals surface area contributed by atoms with Gasteiger partial charge in [-0.15, -0.1) is 0 Å². The van der Waals surface area contributed by atoms with Crippen molar-refractivity contribution in [3.05, 3.63) is 74.8 Å². The zero-order valence-corrected chi connectivity index (χ0v) is 14.3. The van der Waals surface area contributed by atoms with Crippen LogP contribution in [0.1, 0.15) is 11.1 Å². The molecule has 0 spiro atoms. The summed E-state index contributed by atoms with van der Waals surface area (Å²) in [5.41, 5.74) is 2.34. The van der Waals surface area contributed by atoms with Gasteiger partial charge in [0.1, 0.15) is 0 Å². The SMILES string of the molecule is O=C(O)C(=O)O.O=[N+]([O-])c1ccc(CNCCc2cccc(Cl)c2)cc1. The predicted molar refractivity (Wildman–Crippen MR) is 95.2 cm³/mol. The van der Waals surface area contributed by atoms with Crippen molar-refractivity contribution in [2.45, 2.75) is 13.0 Å². The van der Waals surface area contributed by atoms with Crippen molar-refractivity contribution in [2.24, 2.45) is 0 Å². The number of aliphatic carboxylic acids is 2. The lowest BCUT2D eigenvalue weighted by atomic mass is 10.1. The van der Waals surface area contributed by atoms with E-state index in [0.717, 1.165) is 23.6 Å². The van der Waals surface area contributed by atoms with E-state index in [9.17, 15) is 10.1 Å². The number of carbonyl (C=O) groups is 2. The number of nitrogens with zero attached hydrogens (tertiary/aromatic N) is 1. The van der Waals surface area contributed by atoms with Crippen molar-refractivity contribution in [2.75, 3.05) is 6.54 Å². The smallest absolute Gasteiger partial charge is 0.414 e. The van der Waals surface area contributed by atoms with Gasteiger partial charge >= 0.3 is 11.9 Å². The Labute approximate surface area is 154 Å². The Balaban J connectivity index is 0.000000487. The van der Waals surface area contributed by atoms with Gasteiger partial charge in [-0.25, -0.2) is 9.59 Å². The second-order valence-corrected chi connectivity index (χ2v) is 5.53. The van der Waals surface area contributed by atoms with Gasteiger partial charge in [-0.1, -0.05) is 35.9 Å². The van der Waals surface area contributed by atoms with E-state index >= 15 is 0 Å². The van der Waals surface area contributed by atoms with Gasteiger partial charge in [0.15, 0.2) is 0 Å². The maximum absolute atomic E-state index is 10.5. The molecule has 2 rings (SSSR count). The second-order valence-electron chi connectivity index (χ2n) is 5.09. The van der Waals surface area contributed by atoms with Gasteiger partial charge < -0.3 is 15.5 Å². The molecule has 2 aromatic carbocycles. The molecule has 8 nitrogen and oxygen atoms in total. The van der Waals surface area contributed by atoms with E-state index in [1.54, 1.807) is 12.1 Å². The first-order valence-electron chi connectivity index (χ1n) is 7.44. The summed E-state index contributed by atoms with van der Waals surface area (Å²) >= 11 is 5.92. The van der Waals surface area contributed by atoms with Gasteiger partial charge in [-0.2, -0.15) is 0 Å². The highest BCUT2D eigenvalue weighted by Crippen LogP contribution is 2.12. The van der Waals surface area contributed by atoms with Crippen LogP contribution in [0.4, 0.5) is 5.69 Å². The number of hydrogen-bond donors (Lipinski definition) is 3. The molecule has 0 aromatic heterocycles. The molecule has 0 radical (unpaired) electrons. The van der Waals surface area contributed by atoms with E-state index in [2.05, 4.69) is 5.32 Å². The number of benzene rings is 2. The Kier molecular flexibility index (Phi) is 8.76. The fraction of sp³-hybridized carbons (Fsp3) is 0.176. The molecular formula is C17H17ClN2O6. The molecule has 0 saturated carbocycles. The molecule has 2 aromatic rings. The molecule has 0 heterocycles. The highest BCUT2D eigenvalue weighted by Gasteiger charge is 2.04. The molecule has 0 atom stereocenters. The highest BCUT2D eigenvalue weighted by molar-refractivity contribution is 6.30. The van der Waals surface area contributed by atoms with E-state index in [-0.39, 0.29) is 5.69 Å². The summed E-state index contributed by atoms with van der Waals surface area (Å²) in [5.74, 6) is -3.65. The van der Waals surface area contributed by atoms with E-state index in [1.807, 2.05) is 24.3 Å². The van der Waals surface area contributed by atoms with Crippen LogP contribution in [0.2, 0.25) is 5.02 Å². The highest BCUT2D eigenvalue weighted by atomic mass is 35.5. The quantitative estimate of drug-likeness (QED) is 0.304. The van der Waals surface area contributed by atoms with Crippen LogP contribution < -0.4 is 5.32 Å². The Morgan fingerprint density at radius 3 is 2.15 bits per heavy atom. The number of carboxylic acids is 2. The minimum absolute atomic E-state index is 0.118. The molecular weight excluding hydrogens is 364 g/mol. The summed E-state index contributed by atoms with van der Waals surface area (Å²) < 4.78 is 0.